The Hall–Kier alpha value is -1.73. The molecule has 1 amide bonds. The maximum absolute atomic E-state index is 12.5. The van der Waals surface area contributed by atoms with E-state index < -0.39 is 16.8 Å². The second-order valence-electron chi connectivity index (χ2n) is 6.24. The maximum Gasteiger partial charge on any atom is 0.330 e. The number of methoxy groups -OCH3 is 1. The van der Waals surface area contributed by atoms with Crippen molar-refractivity contribution in [3.05, 3.63) is 29.8 Å². The number of nitrogens with two attached hydrogens (primary N) is 1. The van der Waals surface area contributed by atoms with E-state index in [1.807, 2.05) is 38.1 Å². The maximum atomic E-state index is 12.5. The molecule has 6 nitrogen and oxygen atoms in total. The molecule has 0 aromatic heterocycles. The van der Waals surface area contributed by atoms with Crippen molar-refractivity contribution in [3.63, 3.8) is 0 Å². The number of esters is 1. The molecule has 0 bridgehead atoms. The SMILES string of the molecule is COc1ccc(COC(=O)[C@@H]2N3C(=O)[C@@H](N)[C@H]3SC2(C)C)cc1. The number of thioether (sulfide) groups is 1. The van der Waals surface area contributed by atoms with Gasteiger partial charge in [-0.15, -0.1) is 11.8 Å². The van der Waals surface area contributed by atoms with Crippen molar-refractivity contribution in [2.45, 2.75) is 42.7 Å². The lowest BCUT2D eigenvalue weighted by atomic mass is 9.96. The number of rotatable bonds is 4. The molecule has 0 saturated carbocycles. The van der Waals surface area contributed by atoms with E-state index in [2.05, 4.69) is 0 Å². The van der Waals surface area contributed by atoms with E-state index in [0.29, 0.717) is 0 Å². The Kier molecular flexibility index (Phi) is 4.01. The van der Waals surface area contributed by atoms with Crippen LogP contribution in [0.2, 0.25) is 0 Å². The molecule has 0 aliphatic carbocycles. The van der Waals surface area contributed by atoms with Gasteiger partial charge in [-0.3, -0.25) is 4.79 Å². The van der Waals surface area contributed by atoms with Crippen LogP contribution in [0.25, 0.3) is 0 Å². The predicted molar refractivity (Wildman–Crippen MR) is 86.9 cm³/mol. The Labute approximate surface area is 139 Å². The van der Waals surface area contributed by atoms with Gasteiger partial charge in [-0.25, -0.2) is 4.79 Å². The number of carbonyl (C=O) groups is 2. The van der Waals surface area contributed by atoms with E-state index in [9.17, 15) is 9.59 Å². The zero-order valence-corrected chi connectivity index (χ0v) is 14.1. The van der Waals surface area contributed by atoms with Crippen molar-refractivity contribution in [1.82, 2.24) is 4.90 Å². The highest BCUT2D eigenvalue weighted by Crippen LogP contribution is 2.50. The minimum atomic E-state index is -0.594. The minimum Gasteiger partial charge on any atom is -0.497 e. The standard InChI is InChI=1S/C16H20N2O4S/c1-16(2)12(18-13(19)11(17)14(18)23-16)15(20)22-8-9-4-6-10(21-3)7-5-9/h4-7,11-12,14H,8,17H2,1-3H3/t11-,12+,14-/m1/s1. The lowest BCUT2D eigenvalue weighted by molar-refractivity contribution is -0.163. The van der Waals surface area contributed by atoms with Crippen LogP contribution in [0, 0.1) is 0 Å². The van der Waals surface area contributed by atoms with Gasteiger partial charge in [0.05, 0.1) is 7.11 Å². The fourth-order valence-electron chi connectivity index (χ4n) is 2.98. The highest BCUT2D eigenvalue weighted by atomic mass is 32.2. The summed E-state index contributed by atoms with van der Waals surface area (Å²) in [6.07, 6.45) is 0. The molecule has 2 fully saturated rings. The van der Waals surface area contributed by atoms with Gasteiger partial charge in [0.15, 0.2) is 0 Å². The molecule has 2 aliphatic rings. The Morgan fingerprint density at radius 2 is 2.00 bits per heavy atom. The van der Waals surface area contributed by atoms with Gasteiger partial charge in [0.1, 0.15) is 29.8 Å². The van der Waals surface area contributed by atoms with Gasteiger partial charge in [-0.1, -0.05) is 12.1 Å². The summed E-state index contributed by atoms with van der Waals surface area (Å²) < 4.78 is 10.1. The van der Waals surface area contributed by atoms with E-state index in [-0.39, 0.29) is 23.9 Å². The van der Waals surface area contributed by atoms with Gasteiger partial charge in [0.25, 0.3) is 0 Å². The quantitative estimate of drug-likeness (QED) is 0.656. The van der Waals surface area contributed by atoms with E-state index in [1.165, 1.54) is 0 Å². The number of nitrogens with zero attached hydrogens (tertiary/aromatic N) is 1. The number of β-lactam (4-membered cyclic amide) rings is 1. The topological polar surface area (TPSA) is 81.9 Å². The third-order valence-corrected chi connectivity index (χ3v) is 5.84. The Morgan fingerprint density at radius 3 is 2.61 bits per heavy atom. The van der Waals surface area contributed by atoms with Gasteiger partial charge >= 0.3 is 5.97 Å². The number of ether oxygens (including phenoxy) is 2. The summed E-state index contributed by atoms with van der Waals surface area (Å²) in [6.45, 7) is 4.05. The number of hydrogen-bond acceptors (Lipinski definition) is 6. The second-order valence-corrected chi connectivity index (χ2v) is 8.01. The van der Waals surface area contributed by atoms with Crippen LogP contribution in [0.3, 0.4) is 0 Å². The number of fused-ring (bicyclic) bond motifs is 1. The number of amides is 1. The summed E-state index contributed by atoms with van der Waals surface area (Å²) in [7, 11) is 1.60. The van der Waals surface area contributed by atoms with Gasteiger partial charge < -0.3 is 20.1 Å². The van der Waals surface area contributed by atoms with E-state index >= 15 is 0 Å². The fourth-order valence-corrected chi connectivity index (χ4v) is 4.54. The van der Waals surface area contributed by atoms with Crippen molar-refractivity contribution in [1.29, 1.82) is 0 Å². The summed E-state index contributed by atoms with van der Waals surface area (Å²) >= 11 is 1.56. The first-order valence-electron chi connectivity index (χ1n) is 7.40. The van der Waals surface area contributed by atoms with Crippen molar-refractivity contribution in [2.24, 2.45) is 5.73 Å². The molecule has 2 N–H and O–H groups in total. The molecule has 1 aromatic carbocycles. The number of benzene rings is 1. The first kappa shape index (κ1) is 16.1. The molecule has 2 aliphatic heterocycles. The minimum absolute atomic E-state index is 0.129. The first-order chi connectivity index (χ1) is 10.8. The largest absolute Gasteiger partial charge is 0.497 e. The van der Waals surface area contributed by atoms with Gasteiger partial charge in [0.2, 0.25) is 5.91 Å². The Bertz CT molecular complexity index is 631. The normalized spacial score (nSPS) is 28.1. The van der Waals surface area contributed by atoms with Crippen LogP contribution in [-0.2, 0) is 20.9 Å². The summed E-state index contributed by atoms with van der Waals surface area (Å²) in [5, 5.41) is -0.129. The van der Waals surface area contributed by atoms with E-state index in [1.54, 1.807) is 23.8 Å². The smallest absolute Gasteiger partial charge is 0.330 e. The van der Waals surface area contributed by atoms with Crippen LogP contribution in [0.5, 0.6) is 5.75 Å². The fraction of sp³-hybridized carbons (Fsp3) is 0.500. The molecule has 1 aromatic rings. The molecule has 23 heavy (non-hydrogen) atoms. The zero-order chi connectivity index (χ0) is 16.8. The third kappa shape index (κ3) is 2.68. The van der Waals surface area contributed by atoms with Gasteiger partial charge in [-0.05, 0) is 31.5 Å². The Balaban J connectivity index is 1.66. The average molecular weight is 336 g/mol. The molecule has 3 atom stereocenters. The van der Waals surface area contributed by atoms with Crippen molar-refractivity contribution >= 4 is 23.6 Å². The third-order valence-electron chi connectivity index (χ3n) is 4.25. The Morgan fingerprint density at radius 1 is 1.35 bits per heavy atom. The predicted octanol–water partition coefficient (Wildman–Crippen LogP) is 1.13. The molecule has 2 heterocycles. The molecular formula is C16H20N2O4S. The highest BCUT2D eigenvalue weighted by molar-refractivity contribution is 8.01. The van der Waals surface area contributed by atoms with Crippen LogP contribution in [-0.4, -0.2) is 46.1 Å². The molecule has 0 radical (unpaired) electrons. The average Bonchev–Trinajstić information content (AvgIpc) is 2.81. The van der Waals surface area contributed by atoms with Crippen LogP contribution < -0.4 is 10.5 Å². The molecule has 124 valence electrons. The van der Waals surface area contributed by atoms with Crippen molar-refractivity contribution < 1.29 is 19.1 Å². The molecular weight excluding hydrogens is 316 g/mol. The highest BCUT2D eigenvalue weighted by Gasteiger charge is 2.63. The zero-order valence-electron chi connectivity index (χ0n) is 13.3. The molecule has 2 saturated heterocycles. The molecule has 0 unspecified atom stereocenters. The summed E-state index contributed by atoms with van der Waals surface area (Å²) in [5.74, 6) is 0.178. The van der Waals surface area contributed by atoms with E-state index in [0.717, 1.165) is 11.3 Å². The number of hydrogen-bond donors (Lipinski definition) is 1. The molecule has 3 rings (SSSR count). The van der Waals surface area contributed by atoms with Crippen LogP contribution >= 0.6 is 11.8 Å². The van der Waals surface area contributed by atoms with Crippen molar-refractivity contribution in [2.75, 3.05) is 7.11 Å². The van der Waals surface area contributed by atoms with Gasteiger partial charge in [-0.2, -0.15) is 0 Å². The second kappa shape index (κ2) is 5.72. The summed E-state index contributed by atoms with van der Waals surface area (Å²) in [4.78, 5) is 26.0. The first-order valence-corrected chi connectivity index (χ1v) is 8.28. The van der Waals surface area contributed by atoms with Crippen LogP contribution in [0.1, 0.15) is 19.4 Å². The van der Waals surface area contributed by atoms with E-state index in [4.69, 9.17) is 15.2 Å². The number of carbonyl (C=O) groups excluding carboxylic acids is 2. The summed E-state index contributed by atoms with van der Waals surface area (Å²) in [5.41, 5.74) is 6.67. The van der Waals surface area contributed by atoms with Crippen molar-refractivity contribution in [3.8, 4) is 5.75 Å². The summed E-state index contributed by atoms with van der Waals surface area (Å²) in [6, 6.07) is 6.20. The lowest BCUT2D eigenvalue weighted by Gasteiger charge is -2.41. The monoisotopic (exact) mass is 336 g/mol. The molecule has 0 spiro atoms. The van der Waals surface area contributed by atoms with Crippen LogP contribution in [0.15, 0.2) is 24.3 Å². The van der Waals surface area contributed by atoms with Crippen LogP contribution in [0.4, 0.5) is 0 Å². The molecule has 7 heteroatoms. The lowest BCUT2D eigenvalue weighted by Crippen LogP contribution is -2.68. The van der Waals surface area contributed by atoms with Gasteiger partial charge in [0, 0.05) is 4.75 Å².